The summed E-state index contributed by atoms with van der Waals surface area (Å²) in [5.41, 5.74) is 0. The van der Waals surface area contributed by atoms with E-state index in [-0.39, 0.29) is 5.91 Å². The second kappa shape index (κ2) is 28.5. The minimum atomic E-state index is 0.241. The zero-order valence-electron chi connectivity index (χ0n) is 22.3. The molecule has 0 bridgehead atoms. The fourth-order valence-corrected chi connectivity index (χ4v) is 4.32. The number of unbranched alkanes of at least 4 members (excludes halogenated alkanes) is 19. The molecule has 3 heteroatoms. The lowest BCUT2D eigenvalue weighted by Crippen LogP contribution is -2.27. The van der Waals surface area contributed by atoms with Crippen molar-refractivity contribution < 1.29 is 4.79 Å². The number of hydrogen-bond donors (Lipinski definition) is 2. The Labute approximate surface area is 202 Å². The molecule has 0 aliphatic heterocycles. The fraction of sp³-hybridized carbons (Fsp3) is 0.966. The predicted octanol–water partition coefficient (Wildman–Crippen LogP) is 8.70. The van der Waals surface area contributed by atoms with Crippen molar-refractivity contribution in [1.82, 2.24) is 10.6 Å². The van der Waals surface area contributed by atoms with Gasteiger partial charge in [-0.3, -0.25) is 4.79 Å². The Morgan fingerprint density at radius 2 is 0.812 bits per heavy atom. The van der Waals surface area contributed by atoms with Crippen LogP contribution in [-0.4, -0.2) is 25.5 Å². The molecule has 3 nitrogen and oxygen atoms in total. The fourth-order valence-electron chi connectivity index (χ4n) is 4.32. The van der Waals surface area contributed by atoms with Gasteiger partial charge in [0.05, 0.1) is 0 Å². The van der Waals surface area contributed by atoms with Gasteiger partial charge < -0.3 is 10.6 Å². The molecule has 0 aliphatic carbocycles. The van der Waals surface area contributed by atoms with E-state index in [1.54, 1.807) is 0 Å². The zero-order chi connectivity index (χ0) is 23.4. The summed E-state index contributed by atoms with van der Waals surface area (Å²) < 4.78 is 0. The first-order valence-corrected chi connectivity index (χ1v) is 14.8. The zero-order valence-corrected chi connectivity index (χ0v) is 22.3. The summed E-state index contributed by atoms with van der Waals surface area (Å²) in [6.45, 7) is 7.43. The molecule has 0 unspecified atom stereocenters. The van der Waals surface area contributed by atoms with Crippen molar-refractivity contribution in [2.45, 2.75) is 162 Å². The van der Waals surface area contributed by atoms with E-state index in [2.05, 4.69) is 24.5 Å². The topological polar surface area (TPSA) is 41.1 Å². The van der Waals surface area contributed by atoms with E-state index < -0.39 is 0 Å². The van der Waals surface area contributed by atoms with Crippen molar-refractivity contribution in [3.8, 4) is 0 Å². The molecule has 0 aromatic carbocycles. The van der Waals surface area contributed by atoms with Crippen molar-refractivity contribution in [2.75, 3.05) is 19.6 Å². The molecule has 0 saturated carbocycles. The van der Waals surface area contributed by atoms with E-state index in [1.165, 1.54) is 128 Å². The molecule has 0 rings (SSSR count). The highest BCUT2D eigenvalue weighted by Gasteiger charge is 2.00. The molecule has 2 N–H and O–H groups in total. The molecule has 0 fully saturated rings. The maximum absolute atomic E-state index is 11.8. The van der Waals surface area contributed by atoms with Gasteiger partial charge in [-0.15, -0.1) is 0 Å². The molecule has 1 amide bonds. The summed E-state index contributed by atoms with van der Waals surface area (Å²) in [7, 11) is 0. The third-order valence-electron chi connectivity index (χ3n) is 6.57. The highest BCUT2D eigenvalue weighted by atomic mass is 16.1. The minimum Gasteiger partial charge on any atom is -0.356 e. The van der Waals surface area contributed by atoms with E-state index in [0.29, 0.717) is 6.42 Å². The standard InChI is InChI=1S/C29H60N2O/c1-3-5-7-8-9-10-11-12-13-14-15-16-17-18-19-20-21-22-23-25-29(32)31-28-24-27-30-26-6-4-2/h30H,3-28H2,1-2H3,(H,31,32). The first-order chi connectivity index (χ1) is 15.8. The van der Waals surface area contributed by atoms with Gasteiger partial charge >= 0.3 is 0 Å². The van der Waals surface area contributed by atoms with E-state index in [1.807, 2.05) is 0 Å². The number of amides is 1. The number of nitrogens with one attached hydrogen (secondary N) is 2. The van der Waals surface area contributed by atoms with Crippen LogP contribution in [0.15, 0.2) is 0 Å². The number of carbonyl (C=O) groups is 1. The smallest absolute Gasteiger partial charge is 0.219 e. The number of carbonyl (C=O) groups excluding carboxylic acids is 1. The van der Waals surface area contributed by atoms with Gasteiger partial charge in [-0.25, -0.2) is 0 Å². The van der Waals surface area contributed by atoms with Crippen molar-refractivity contribution >= 4 is 5.91 Å². The molecule has 192 valence electrons. The van der Waals surface area contributed by atoms with Crippen LogP contribution in [-0.2, 0) is 4.79 Å². The van der Waals surface area contributed by atoms with Crippen LogP contribution in [0.1, 0.15) is 162 Å². The van der Waals surface area contributed by atoms with Gasteiger partial charge in [0.25, 0.3) is 0 Å². The molecule has 0 aromatic heterocycles. The van der Waals surface area contributed by atoms with E-state index in [4.69, 9.17) is 0 Å². The largest absolute Gasteiger partial charge is 0.356 e. The van der Waals surface area contributed by atoms with Gasteiger partial charge in [-0.05, 0) is 32.4 Å². The van der Waals surface area contributed by atoms with Crippen LogP contribution in [0.25, 0.3) is 0 Å². The average molecular weight is 453 g/mol. The van der Waals surface area contributed by atoms with Crippen LogP contribution in [0.5, 0.6) is 0 Å². The van der Waals surface area contributed by atoms with Gasteiger partial charge in [0.15, 0.2) is 0 Å². The van der Waals surface area contributed by atoms with E-state index in [0.717, 1.165) is 32.5 Å². The molecule has 0 radical (unpaired) electrons. The van der Waals surface area contributed by atoms with Crippen molar-refractivity contribution in [3.05, 3.63) is 0 Å². The molecular weight excluding hydrogens is 392 g/mol. The monoisotopic (exact) mass is 452 g/mol. The van der Waals surface area contributed by atoms with Crippen molar-refractivity contribution in [1.29, 1.82) is 0 Å². The van der Waals surface area contributed by atoms with Gasteiger partial charge in [-0.2, -0.15) is 0 Å². The molecular formula is C29H60N2O. The Morgan fingerprint density at radius 1 is 0.438 bits per heavy atom. The van der Waals surface area contributed by atoms with Gasteiger partial charge in [-0.1, -0.05) is 136 Å². The second-order valence-corrected chi connectivity index (χ2v) is 9.92. The Morgan fingerprint density at radius 3 is 1.25 bits per heavy atom. The molecule has 0 saturated heterocycles. The van der Waals surface area contributed by atoms with Crippen LogP contribution in [0.4, 0.5) is 0 Å². The number of rotatable bonds is 27. The summed E-state index contributed by atoms with van der Waals surface area (Å²) >= 11 is 0. The first kappa shape index (κ1) is 31.4. The summed E-state index contributed by atoms with van der Waals surface area (Å²) in [6, 6.07) is 0. The third-order valence-corrected chi connectivity index (χ3v) is 6.57. The maximum atomic E-state index is 11.8. The lowest BCUT2D eigenvalue weighted by molar-refractivity contribution is -0.121. The van der Waals surface area contributed by atoms with Gasteiger partial charge in [0.2, 0.25) is 5.91 Å². The Balaban J connectivity index is 3.10. The normalized spacial score (nSPS) is 11.2. The first-order valence-electron chi connectivity index (χ1n) is 14.8. The van der Waals surface area contributed by atoms with Gasteiger partial charge in [0, 0.05) is 13.0 Å². The third kappa shape index (κ3) is 27.5. The lowest BCUT2D eigenvalue weighted by Gasteiger charge is -2.06. The summed E-state index contributed by atoms with van der Waals surface area (Å²) in [4.78, 5) is 11.8. The summed E-state index contributed by atoms with van der Waals surface area (Å²) in [5, 5.41) is 6.47. The molecule has 0 aromatic rings. The van der Waals surface area contributed by atoms with Crippen LogP contribution in [0.2, 0.25) is 0 Å². The van der Waals surface area contributed by atoms with Crippen LogP contribution >= 0.6 is 0 Å². The predicted molar refractivity (Wildman–Crippen MR) is 143 cm³/mol. The lowest BCUT2D eigenvalue weighted by atomic mass is 10.0. The maximum Gasteiger partial charge on any atom is 0.219 e. The molecule has 0 heterocycles. The Bertz CT molecular complexity index is 359. The molecule has 0 aliphatic rings. The Kier molecular flexibility index (Phi) is 28.0. The number of hydrogen-bond acceptors (Lipinski definition) is 2. The second-order valence-electron chi connectivity index (χ2n) is 9.92. The molecule has 0 atom stereocenters. The van der Waals surface area contributed by atoms with Crippen molar-refractivity contribution in [3.63, 3.8) is 0 Å². The van der Waals surface area contributed by atoms with Crippen molar-refractivity contribution in [2.24, 2.45) is 0 Å². The van der Waals surface area contributed by atoms with Crippen LogP contribution in [0.3, 0.4) is 0 Å². The molecule has 0 spiro atoms. The van der Waals surface area contributed by atoms with Gasteiger partial charge in [0.1, 0.15) is 0 Å². The van der Waals surface area contributed by atoms with E-state index in [9.17, 15) is 4.79 Å². The Hall–Kier alpha value is -0.570. The van der Waals surface area contributed by atoms with E-state index >= 15 is 0 Å². The highest BCUT2D eigenvalue weighted by Crippen LogP contribution is 2.14. The summed E-state index contributed by atoms with van der Waals surface area (Å²) in [5.74, 6) is 0.241. The highest BCUT2D eigenvalue weighted by molar-refractivity contribution is 5.75. The SMILES string of the molecule is CCCCCCCCCCCCCCCCCCCCCC(=O)NCCCNCCCC. The minimum absolute atomic E-state index is 0.241. The summed E-state index contributed by atoms with van der Waals surface area (Å²) in [6.07, 6.45) is 30.7. The average Bonchev–Trinajstić information content (AvgIpc) is 2.80. The molecule has 32 heavy (non-hydrogen) atoms. The van der Waals surface area contributed by atoms with Crippen LogP contribution < -0.4 is 10.6 Å². The van der Waals surface area contributed by atoms with Crippen LogP contribution in [0, 0.1) is 0 Å². The quantitative estimate of drug-likeness (QED) is 0.122.